The molecule has 0 aliphatic carbocycles. The van der Waals surface area contributed by atoms with E-state index in [0.717, 1.165) is 12.7 Å². The van der Waals surface area contributed by atoms with Gasteiger partial charge in [-0.15, -0.1) is 0 Å². The Balaban J connectivity index is 2.37. The van der Waals surface area contributed by atoms with E-state index in [0.29, 0.717) is 6.42 Å². The Morgan fingerprint density at radius 1 is 1.47 bits per heavy atom. The highest BCUT2D eigenvalue weighted by atomic mass is 16.6. The second-order valence-electron chi connectivity index (χ2n) is 5.36. The summed E-state index contributed by atoms with van der Waals surface area (Å²) in [5.41, 5.74) is -0.508. The minimum Gasteiger partial charge on any atom is -0.444 e. The summed E-state index contributed by atoms with van der Waals surface area (Å²) in [6.45, 7) is 7.28. The molecule has 0 unspecified atom stereocenters. The fourth-order valence-corrected chi connectivity index (χ4v) is 1.74. The molecule has 1 rings (SSSR count). The fraction of sp³-hybridized carbons (Fsp3) is 0.833. The molecule has 0 aromatic carbocycles. The predicted molar refractivity (Wildman–Crippen MR) is 62.8 cm³/mol. The molecule has 1 amide bonds. The van der Waals surface area contributed by atoms with Gasteiger partial charge in [0.1, 0.15) is 18.0 Å². The lowest BCUT2D eigenvalue weighted by Crippen LogP contribution is -2.43. The first-order chi connectivity index (χ1) is 7.81. The van der Waals surface area contributed by atoms with Gasteiger partial charge in [-0.25, -0.2) is 4.79 Å². The minimum absolute atomic E-state index is 0.113. The van der Waals surface area contributed by atoms with Gasteiger partial charge in [-0.3, -0.25) is 0 Å². The van der Waals surface area contributed by atoms with Crippen LogP contribution >= 0.6 is 0 Å². The molecule has 0 radical (unpaired) electrons. The molecular weight excluding hydrogens is 222 g/mol. The second kappa shape index (κ2) is 5.49. The number of alkyl carbamates (subject to hydrolysis) is 1. The van der Waals surface area contributed by atoms with Crippen molar-refractivity contribution in [3.8, 4) is 0 Å². The fourth-order valence-electron chi connectivity index (χ4n) is 1.74. The van der Waals surface area contributed by atoms with Crippen LogP contribution in [0.2, 0.25) is 0 Å². The van der Waals surface area contributed by atoms with E-state index in [1.54, 1.807) is 0 Å². The molecule has 0 saturated carbocycles. The highest BCUT2D eigenvalue weighted by Crippen LogP contribution is 2.21. The maximum absolute atomic E-state index is 11.5. The number of ether oxygens (including phenoxy) is 2. The van der Waals surface area contributed by atoms with Gasteiger partial charge in [0.15, 0.2) is 0 Å². The third-order valence-electron chi connectivity index (χ3n) is 2.54. The molecule has 17 heavy (non-hydrogen) atoms. The SMILES string of the molecule is C[C@H](NC(=O)OC(C)(C)C)[C@@H]1CC[C@H](C=O)O1. The molecule has 0 bridgehead atoms. The van der Waals surface area contributed by atoms with Gasteiger partial charge in [-0.1, -0.05) is 0 Å². The van der Waals surface area contributed by atoms with Crippen LogP contribution in [0, 0.1) is 0 Å². The van der Waals surface area contributed by atoms with Crippen molar-refractivity contribution in [2.24, 2.45) is 0 Å². The summed E-state index contributed by atoms with van der Waals surface area (Å²) in [6, 6.07) is -0.158. The number of amides is 1. The summed E-state index contributed by atoms with van der Waals surface area (Å²) in [4.78, 5) is 22.1. The van der Waals surface area contributed by atoms with Crippen molar-refractivity contribution < 1.29 is 19.1 Å². The van der Waals surface area contributed by atoms with Crippen LogP contribution in [-0.2, 0) is 14.3 Å². The summed E-state index contributed by atoms with van der Waals surface area (Å²) < 4.78 is 10.6. The molecule has 98 valence electrons. The third-order valence-corrected chi connectivity index (χ3v) is 2.54. The van der Waals surface area contributed by atoms with Crippen LogP contribution in [0.15, 0.2) is 0 Å². The number of carbonyl (C=O) groups excluding carboxylic acids is 2. The smallest absolute Gasteiger partial charge is 0.407 e. The largest absolute Gasteiger partial charge is 0.444 e. The minimum atomic E-state index is -0.508. The van der Waals surface area contributed by atoms with Gasteiger partial charge < -0.3 is 19.6 Å². The number of hydrogen-bond acceptors (Lipinski definition) is 4. The van der Waals surface area contributed by atoms with E-state index in [2.05, 4.69) is 5.32 Å². The topological polar surface area (TPSA) is 64.6 Å². The van der Waals surface area contributed by atoms with Crippen LogP contribution in [0.3, 0.4) is 0 Å². The predicted octanol–water partition coefficient (Wildman–Crippen LogP) is 1.65. The normalized spacial score (nSPS) is 26.4. The number of carbonyl (C=O) groups is 2. The zero-order valence-corrected chi connectivity index (χ0v) is 10.9. The molecule has 0 spiro atoms. The van der Waals surface area contributed by atoms with E-state index in [9.17, 15) is 9.59 Å². The zero-order valence-electron chi connectivity index (χ0n) is 10.9. The van der Waals surface area contributed by atoms with Crippen LogP contribution < -0.4 is 5.32 Å². The number of rotatable bonds is 3. The van der Waals surface area contributed by atoms with E-state index >= 15 is 0 Å². The van der Waals surface area contributed by atoms with Gasteiger partial charge in [0, 0.05) is 0 Å². The van der Waals surface area contributed by atoms with Crippen molar-refractivity contribution in [2.45, 2.75) is 64.4 Å². The van der Waals surface area contributed by atoms with E-state index in [1.807, 2.05) is 27.7 Å². The van der Waals surface area contributed by atoms with Gasteiger partial charge in [0.25, 0.3) is 0 Å². The summed E-state index contributed by atoms with van der Waals surface area (Å²) >= 11 is 0. The maximum atomic E-state index is 11.5. The summed E-state index contributed by atoms with van der Waals surface area (Å²) in [7, 11) is 0. The molecule has 5 heteroatoms. The van der Waals surface area contributed by atoms with E-state index in [1.165, 1.54) is 0 Å². The maximum Gasteiger partial charge on any atom is 0.407 e. The molecule has 3 atom stereocenters. The number of nitrogens with one attached hydrogen (secondary N) is 1. The first-order valence-electron chi connectivity index (χ1n) is 5.92. The molecule has 1 N–H and O–H groups in total. The van der Waals surface area contributed by atoms with E-state index in [4.69, 9.17) is 9.47 Å². The third kappa shape index (κ3) is 4.73. The Morgan fingerprint density at radius 2 is 2.12 bits per heavy atom. The van der Waals surface area contributed by atoms with Gasteiger partial charge >= 0.3 is 6.09 Å². The number of hydrogen-bond donors (Lipinski definition) is 1. The van der Waals surface area contributed by atoms with Crippen LogP contribution in [0.5, 0.6) is 0 Å². The molecule has 1 fully saturated rings. The summed E-state index contributed by atoms with van der Waals surface area (Å²) in [5.74, 6) is 0. The van der Waals surface area contributed by atoms with Crippen molar-refractivity contribution in [1.29, 1.82) is 0 Å². The monoisotopic (exact) mass is 243 g/mol. The lowest BCUT2D eigenvalue weighted by Gasteiger charge is -2.24. The Morgan fingerprint density at radius 3 is 2.59 bits per heavy atom. The Labute approximate surface area is 102 Å². The van der Waals surface area contributed by atoms with Crippen molar-refractivity contribution >= 4 is 12.4 Å². The first-order valence-corrected chi connectivity index (χ1v) is 5.92. The van der Waals surface area contributed by atoms with Crippen LogP contribution in [-0.4, -0.2) is 36.2 Å². The molecule has 0 aromatic heterocycles. The molecule has 0 aromatic rings. The standard InChI is InChI=1S/C12H21NO4/c1-8(10-6-5-9(7-14)16-10)13-11(15)17-12(2,3)4/h7-10H,5-6H2,1-4H3,(H,13,15)/t8-,9+,10-/m0/s1. The van der Waals surface area contributed by atoms with E-state index < -0.39 is 11.7 Å². The highest BCUT2D eigenvalue weighted by Gasteiger charge is 2.30. The molecular formula is C12H21NO4. The lowest BCUT2D eigenvalue weighted by molar-refractivity contribution is -0.117. The molecule has 1 aliphatic rings. The Bertz CT molecular complexity index is 285. The van der Waals surface area contributed by atoms with Crippen LogP contribution in [0.1, 0.15) is 40.5 Å². The average Bonchev–Trinajstić information content (AvgIpc) is 2.62. The lowest BCUT2D eigenvalue weighted by atomic mass is 10.1. The van der Waals surface area contributed by atoms with Crippen LogP contribution in [0.25, 0.3) is 0 Å². The quantitative estimate of drug-likeness (QED) is 0.765. The first kappa shape index (κ1) is 14.0. The molecule has 1 heterocycles. The van der Waals surface area contributed by atoms with Crippen molar-refractivity contribution in [3.63, 3.8) is 0 Å². The zero-order chi connectivity index (χ0) is 13.1. The summed E-state index contributed by atoms with van der Waals surface area (Å²) in [6.07, 6.45) is 1.40. The molecule has 1 saturated heterocycles. The van der Waals surface area contributed by atoms with Crippen molar-refractivity contribution in [1.82, 2.24) is 5.32 Å². The van der Waals surface area contributed by atoms with Gasteiger partial charge in [0.2, 0.25) is 0 Å². The van der Waals surface area contributed by atoms with E-state index in [-0.39, 0.29) is 18.2 Å². The van der Waals surface area contributed by atoms with Crippen LogP contribution in [0.4, 0.5) is 4.79 Å². The molecule has 1 aliphatic heterocycles. The Hall–Kier alpha value is -1.10. The van der Waals surface area contributed by atoms with Gasteiger partial charge in [-0.05, 0) is 40.5 Å². The van der Waals surface area contributed by atoms with Crippen molar-refractivity contribution in [2.75, 3.05) is 0 Å². The summed E-state index contributed by atoms with van der Waals surface area (Å²) in [5, 5.41) is 2.72. The number of aldehydes is 1. The highest BCUT2D eigenvalue weighted by molar-refractivity contribution is 5.68. The van der Waals surface area contributed by atoms with Crippen molar-refractivity contribution in [3.05, 3.63) is 0 Å². The van der Waals surface area contributed by atoms with Gasteiger partial charge in [0.05, 0.1) is 12.1 Å². The Kier molecular flexibility index (Phi) is 4.51. The molecule has 5 nitrogen and oxygen atoms in total. The average molecular weight is 243 g/mol. The van der Waals surface area contributed by atoms with Gasteiger partial charge in [-0.2, -0.15) is 0 Å². The second-order valence-corrected chi connectivity index (χ2v) is 5.36.